The average Bonchev–Trinajstić information content (AvgIpc) is 3.02. The summed E-state index contributed by atoms with van der Waals surface area (Å²) < 4.78 is 23.5. The van der Waals surface area contributed by atoms with Gasteiger partial charge in [-0.3, -0.25) is 4.79 Å². The van der Waals surface area contributed by atoms with Gasteiger partial charge in [0.05, 0.1) is 19.3 Å². The summed E-state index contributed by atoms with van der Waals surface area (Å²) in [4.78, 5) is 11.2. The number of rotatable bonds is 11. The van der Waals surface area contributed by atoms with E-state index >= 15 is 0 Å². The number of hydrogen-bond donors (Lipinski definition) is 1. The number of methoxy groups -OCH3 is 1. The van der Waals surface area contributed by atoms with Gasteiger partial charge in [0, 0.05) is 32.0 Å². The van der Waals surface area contributed by atoms with Gasteiger partial charge >= 0.3 is 5.97 Å². The van der Waals surface area contributed by atoms with Crippen molar-refractivity contribution in [3.05, 3.63) is 12.2 Å². The number of carbonyl (C=O) groups is 1. The Bertz CT molecular complexity index is 594. The summed E-state index contributed by atoms with van der Waals surface area (Å²) in [5.41, 5.74) is 0. The van der Waals surface area contributed by atoms with Gasteiger partial charge in [-0.05, 0) is 62.6 Å². The number of esters is 1. The third-order valence-corrected chi connectivity index (χ3v) is 12.0. The molecule has 32 heavy (non-hydrogen) atoms. The Hall–Kier alpha value is -0.733. The Kier molecular flexibility index (Phi) is 10.9. The molecular weight excluding hydrogens is 424 g/mol. The number of unbranched alkanes of at least 4 members (excludes halogenated alkanes) is 1. The number of hydrogen-bond acceptors (Lipinski definition) is 6. The van der Waals surface area contributed by atoms with Crippen molar-refractivity contribution < 1.29 is 28.5 Å². The predicted octanol–water partition coefficient (Wildman–Crippen LogP) is 5.21. The highest BCUT2D eigenvalue weighted by atomic mass is 28.4. The van der Waals surface area contributed by atoms with Crippen molar-refractivity contribution in [2.75, 3.05) is 20.3 Å². The molecule has 2 rings (SSSR count). The first-order chi connectivity index (χ1) is 15.0. The van der Waals surface area contributed by atoms with Crippen LogP contribution in [0.1, 0.15) is 72.1 Å². The lowest BCUT2D eigenvalue weighted by atomic mass is 9.91. The van der Waals surface area contributed by atoms with Crippen LogP contribution >= 0.6 is 0 Å². The lowest BCUT2D eigenvalue weighted by molar-refractivity contribution is -0.197. The first-order valence-corrected chi connectivity index (χ1v) is 15.3. The standard InChI is InChI=1S/C25H46O6Si/c1-25(2,3)32(5,6)30-18-20-19(13-9-7-8-10-14-23(27)28-4)21(26)17-22(20)31-24-15-11-12-16-29-24/h7,9,19-22,24,26H,8,10-18H2,1-6H3/t19?,20-,21+,22-,24?/m1/s1. The van der Waals surface area contributed by atoms with Crippen LogP contribution in [0.25, 0.3) is 0 Å². The summed E-state index contributed by atoms with van der Waals surface area (Å²) >= 11 is 0. The van der Waals surface area contributed by atoms with E-state index in [1.165, 1.54) is 7.11 Å². The van der Waals surface area contributed by atoms with Gasteiger partial charge < -0.3 is 23.7 Å². The van der Waals surface area contributed by atoms with E-state index in [2.05, 4.69) is 50.8 Å². The normalized spacial score (nSPS) is 29.5. The molecule has 1 heterocycles. The Morgan fingerprint density at radius 1 is 1.19 bits per heavy atom. The fourth-order valence-electron chi connectivity index (χ4n) is 4.24. The first kappa shape index (κ1) is 27.5. The molecule has 0 spiro atoms. The monoisotopic (exact) mass is 470 g/mol. The smallest absolute Gasteiger partial charge is 0.305 e. The molecular formula is C25H46O6Si. The van der Waals surface area contributed by atoms with Gasteiger partial charge in [-0.15, -0.1) is 0 Å². The minimum atomic E-state index is -1.90. The van der Waals surface area contributed by atoms with Crippen LogP contribution in [0.4, 0.5) is 0 Å². The lowest BCUT2D eigenvalue weighted by Gasteiger charge is -2.38. The van der Waals surface area contributed by atoms with E-state index < -0.39 is 14.4 Å². The van der Waals surface area contributed by atoms with Crippen LogP contribution in [0.3, 0.4) is 0 Å². The lowest BCUT2D eigenvalue weighted by Crippen LogP contribution is -2.44. The number of aliphatic hydroxyl groups excluding tert-OH is 1. The minimum absolute atomic E-state index is 0.0457. The first-order valence-electron chi connectivity index (χ1n) is 12.4. The zero-order valence-corrected chi connectivity index (χ0v) is 22.1. The second-order valence-electron chi connectivity index (χ2n) is 10.8. The van der Waals surface area contributed by atoms with Crippen LogP contribution in [0.2, 0.25) is 18.1 Å². The van der Waals surface area contributed by atoms with Crippen molar-refractivity contribution >= 4 is 14.3 Å². The minimum Gasteiger partial charge on any atom is -0.469 e. The van der Waals surface area contributed by atoms with E-state index in [1.807, 2.05) is 0 Å². The Labute approximate surface area is 196 Å². The fraction of sp³-hybridized carbons (Fsp3) is 0.880. The topological polar surface area (TPSA) is 74.2 Å². The SMILES string of the molecule is COC(=O)CCCC=CCC1[C@@H](CO[Si](C)(C)C(C)(C)C)[C@H](OC2CCCCO2)C[C@@H]1O. The highest BCUT2D eigenvalue weighted by molar-refractivity contribution is 6.74. The quantitative estimate of drug-likeness (QED) is 0.193. The zero-order valence-electron chi connectivity index (χ0n) is 21.1. The molecule has 1 saturated carbocycles. The van der Waals surface area contributed by atoms with Crippen LogP contribution < -0.4 is 0 Å². The van der Waals surface area contributed by atoms with Gasteiger partial charge in [-0.1, -0.05) is 32.9 Å². The van der Waals surface area contributed by atoms with E-state index in [4.69, 9.17) is 13.9 Å². The van der Waals surface area contributed by atoms with Gasteiger partial charge in [0.15, 0.2) is 14.6 Å². The predicted molar refractivity (Wildman–Crippen MR) is 129 cm³/mol. The van der Waals surface area contributed by atoms with Gasteiger partial charge in [-0.2, -0.15) is 0 Å². The molecule has 2 aliphatic rings. The molecule has 1 aliphatic carbocycles. The Morgan fingerprint density at radius 3 is 2.56 bits per heavy atom. The third kappa shape index (κ3) is 8.24. The van der Waals surface area contributed by atoms with E-state index in [0.29, 0.717) is 19.4 Å². The highest BCUT2D eigenvalue weighted by Crippen LogP contribution is 2.42. The van der Waals surface area contributed by atoms with Gasteiger partial charge in [-0.25, -0.2) is 0 Å². The molecule has 1 aliphatic heterocycles. The molecule has 0 bridgehead atoms. The van der Waals surface area contributed by atoms with Crippen molar-refractivity contribution in [1.82, 2.24) is 0 Å². The van der Waals surface area contributed by atoms with E-state index in [9.17, 15) is 9.90 Å². The van der Waals surface area contributed by atoms with Crippen molar-refractivity contribution in [1.29, 1.82) is 0 Å². The maximum Gasteiger partial charge on any atom is 0.305 e. The molecule has 0 radical (unpaired) electrons. The molecule has 0 aromatic heterocycles. The molecule has 2 fully saturated rings. The summed E-state index contributed by atoms with van der Waals surface area (Å²) in [6, 6.07) is 0. The second kappa shape index (κ2) is 12.7. The summed E-state index contributed by atoms with van der Waals surface area (Å²) in [7, 11) is -0.480. The molecule has 6 nitrogen and oxygen atoms in total. The molecule has 1 saturated heterocycles. The Balaban J connectivity index is 1.99. The van der Waals surface area contributed by atoms with Gasteiger partial charge in [0.2, 0.25) is 0 Å². The zero-order chi connectivity index (χ0) is 23.8. The van der Waals surface area contributed by atoms with Crippen molar-refractivity contribution in [3.63, 3.8) is 0 Å². The molecule has 7 heteroatoms. The Morgan fingerprint density at radius 2 is 1.94 bits per heavy atom. The second-order valence-corrected chi connectivity index (χ2v) is 15.7. The molecule has 0 amide bonds. The molecule has 0 aromatic rings. The molecule has 0 aromatic carbocycles. The third-order valence-electron chi connectivity index (χ3n) is 7.46. The fourth-order valence-corrected chi connectivity index (χ4v) is 5.28. The molecule has 1 N–H and O–H groups in total. The van der Waals surface area contributed by atoms with Crippen LogP contribution in [0.5, 0.6) is 0 Å². The van der Waals surface area contributed by atoms with Crippen LogP contribution in [0, 0.1) is 11.8 Å². The van der Waals surface area contributed by atoms with E-state index in [1.54, 1.807) is 0 Å². The number of ether oxygens (including phenoxy) is 3. The molecule has 2 unspecified atom stereocenters. The van der Waals surface area contributed by atoms with E-state index in [-0.39, 0.29) is 35.2 Å². The largest absolute Gasteiger partial charge is 0.469 e. The highest BCUT2D eigenvalue weighted by Gasteiger charge is 2.46. The summed E-state index contributed by atoms with van der Waals surface area (Å²) in [5, 5.41) is 11.0. The summed E-state index contributed by atoms with van der Waals surface area (Å²) in [6.07, 6.45) is 10.2. The number of aliphatic hydroxyl groups is 1. The van der Waals surface area contributed by atoms with Crippen LogP contribution in [-0.2, 0) is 23.4 Å². The van der Waals surface area contributed by atoms with Crippen LogP contribution in [0.15, 0.2) is 12.2 Å². The van der Waals surface area contributed by atoms with Gasteiger partial charge in [0.1, 0.15) is 0 Å². The summed E-state index contributed by atoms with van der Waals surface area (Å²) in [6.45, 7) is 12.7. The average molecular weight is 471 g/mol. The van der Waals surface area contributed by atoms with Crippen LogP contribution in [-0.4, -0.2) is 58.2 Å². The maximum absolute atomic E-state index is 11.2. The molecule has 186 valence electrons. The van der Waals surface area contributed by atoms with Crippen molar-refractivity contribution in [2.24, 2.45) is 11.8 Å². The van der Waals surface area contributed by atoms with Crippen molar-refractivity contribution in [2.45, 2.75) is 109 Å². The van der Waals surface area contributed by atoms with Gasteiger partial charge in [0.25, 0.3) is 0 Å². The number of allylic oxidation sites excluding steroid dienone is 2. The maximum atomic E-state index is 11.2. The van der Waals surface area contributed by atoms with Crippen molar-refractivity contribution in [3.8, 4) is 0 Å². The van der Waals surface area contributed by atoms with E-state index in [0.717, 1.165) is 45.1 Å². The molecule has 5 atom stereocenters. The number of carbonyl (C=O) groups excluding carboxylic acids is 1. The summed E-state index contributed by atoms with van der Waals surface area (Å²) in [5.74, 6) is 0.0759.